The van der Waals surface area contributed by atoms with E-state index in [1.165, 1.54) is 25.5 Å². The summed E-state index contributed by atoms with van der Waals surface area (Å²) in [6.45, 7) is 4.36. The molecule has 0 bridgehead atoms. The second-order valence-electron chi connectivity index (χ2n) is 3.77. The van der Waals surface area contributed by atoms with Crippen molar-refractivity contribution in [1.29, 1.82) is 0 Å². The topological polar surface area (TPSA) is 37.8 Å². The third-order valence-corrected chi connectivity index (χ3v) is 2.42. The molecule has 0 spiro atoms. The van der Waals surface area contributed by atoms with Crippen LogP contribution in [0.15, 0.2) is 12.4 Å². The third-order valence-electron chi connectivity index (χ3n) is 2.24. The van der Waals surface area contributed by atoms with Crippen LogP contribution in [-0.4, -0.2) is 16.0 Å². The molecule has 0 saturated carbocycles. The van der Waals surface area contributed by atoms with E-state index < -0.39 is 0 Å². The predicted molar refractivity (Wildman–Crippen MR) is 64.3 cm³/mol. The van der Waals surface area contributed by atoms with Crippen LogP contribution in [0.1, 0.15) is 39.5 Å². The van der Waals surface area contributed by atoms with Crippen LogP contribution in [-0.2, 0) is 0 Å². The van der Waals surface area contributed by atoms with Gasteiger partial charge in [-0.2, -0.15) is 0 Å². The first kappa shape index (κ1) is 12.2. The van der Waals surface area contributed by atoms with E-state index in [4.69, 9.17) is 11.6 Å². The lowest BCUT2D eigenvalue weighted by Gasteiger charge is -2.13. The fourth-order valence-electron chi connectivity index (χ4n) is 1.44. The minimum atomic E-state index is 0.421. The van der Waals surface area contributed by atoms with E-state index in [1.807, 2.05) is 0 Å². The molecule has 0 saturated heterocycles. The van der Waals surface area contributed by atoms with Gasteiger partial charge in [0.25, 0.3) is 0 Å². The minimum Gasteiger partial charge on any atom is -0.366 e. The van der Waals surface area contributed by atoms with E-state index in [9.17, 15) is 0 Å². The summed E-state index contributed by atoms with van der Waals surface area (Å²) in [4.78, 5) is 8.11. The number of hydrogen-bond acceptors (Lipinski definition) is 3. The predicted octanol–water partition coefficient (Wildman–Crippen LogP) is 3.51. The largest absolute Gasteiger partial charge is 0.366 e. The van der Waals surface area contributed by atoms with Crippen LogP contribution < -0.4 is 5.32 Å². The molecule has 1 aromatic heterocycles. The van der Waals surface area contributed by atoms with Crippen molar-refractivity contribution < 1.29 is 0 Å². The number of nitrogens with one attached hydrogen (secondary N) is 1. The third kappa shape index (κ3) is 4.98. The number of anilines is 1. The van der Waals surface area contributed by atoms with Crippen molar-refractivity contribution in [3.05, 3.63) is 17.5 Å². The number of hydrogen-bond donors (Lipinski definition) is 1. The fraction of sp³-hybridized carbons (Fsp3) is 0.636. The molecule has 1 rings (SSSR count). The molecule has 1 aromatic rings. The number of nitrogens with zero attached hydrogens (tertiary/aromatic N) is 2. The lowest BCUT2D eigenvalue weighted by molar-refractivity contribution is 0.613. The molecular formula is C11H18ClN3. The Bertz CT molecular complexity index is 291. The highest BCUT2D eigenvalue weighted by Crippen LogP contribution is 2.11. The highest BCUT2D eigenvalue weighted by atomic mass is 35.5. The lowest BCUT2D eigenvalue weighted by atomic mass is 10.1. The van der Waals surface area contributed by atoms with Gasteiger partial charge >= 0.3 is 0 Å². The zero-order valence-corrected chi connectivity index (χ0v) is 10.1. The van der Waals surface area contributed by atoms with Crippen molar-refractivity contribution in [2.24, 2.45) is 0 Å². The molecule has 0 aliphatic heterocycles. The molecule has 15 heavy (non-hydrogen) atoms. The molecule has 3 nitrogen and oxygen atoms in total. The molecule has 0 fully saturated rings. The second-order valence-corrected chi connectivity index (χ2v) is 4.16. The summed E-state index contributed by atoms with van der Waals surface area (Å²) >= 11 is 5.74. The number of halogens is 1. The Morgan fingerprint density at radius 1 is 1.40 bits per heavy atom. The van der Waals surface area contributed by atoms with Crippen LogP contribution in [0.3, 0.4) is 0 Å². The summed E-state index contributed by atoms with van der Waals surface area (Å²) in [7, 11) is 0. The molecule has 0 radical (unpaired) electrons. The first-order chi connectivity index (χ1) is 7.22. The van der Waals surface area contributed by atoms with E-state index in [-0.39, 0.29) is 0 Å². The van der Waals surface area contributed by atoms with Crippen LogP contribution >= 0.6 is 11.6 Å². The normalized spacial score (nSPS) is 12.5. The van der Waals surface area contributed by atoms with Gasteiger partial charge in [-0.3, -0.25) is 4.98 Å². The summed E-state index contributed by atoms with van der Waals surface area (Å²) < 4.78 is 0. The second kappa shape index (κ2) is 6.62. The van der Waals surface area contributed by atoms with Crippen LogP contribution in [0.4, 0.5) is 5.82 Å². The summed E-state index contributed by atoms with van der Waals surface area (Å²) in [5.74, 6) is 0.756. The van der Waals surface area contributed by atoms with Crippen molar-refractivity contribution >= 4 is 17.4 Å². The van der Waals surface area contributed by atoms with Crippen molar-refractivity contribution in [2.75, 3.05) is 5.32 Å². The quantitative estimate of drug-likeness (QED) is 0.756. The molecule has 1 N–H and O–H groups in total. The molecule has 1 unspecified atom stereocenters. The molecule has 0 amide bonds. The Labute approximate surface area is 96.3 Å². The first-order valence-electron chi connectivity index (χ1n) is 5.46. The van der Waals surface area contributed by atoms with Crippen LogP contribution in [0.5, 0.6) is 0 Å². The molecule has 0 aromatic carbocycles. The van der Waals surface area contributed by atoms with Crippen molar-refractivity contribution in [2.45, 2.75) is 45.6 Å². The Morgan fingerprint density at radius 3 is 2.87 bits per heavy atom. The zero-order chi connectivity index (χ0) is 11.1. The molecule has 84 valence electrons. The maximum absolute atomic E-state index is 5.74. The van der Waals surface area contributed by atoms with Gasteiger partial charge in [-0.1, -0.05) is 37.8 Å². The van der Waals surface area contributed by atoms with Gasteiger partial charge in [-0.25, -0.2) is 4.98 Å². The van der Waals surface area contributed by atoms with Crippen LogP contribution in [0, 0.1) is 0 Å². The van der Waals surface area contributed by atoms with Gasteiger partial charge in [-0.05, 0) is 13.3 Å². The monoisotopic (exact) mass is 227 g/mol. The van der Waals surface area contributed by atoms with Crippen molar-refractivity contribution in [3.8, 4) is 0 Å². The average Bonchev–Trinajstić information content (AvgIpc) is 2.18. The van der Waals surface area contributed by atoms with E-state index >= 15 is 0 Å². The van der Waals surface area contributed by atoms with Gasteiger partial charge < -0.3 is 5.32 Å². The van der Waals surface area contributed by atoms with Gasteiger partial charge in [-0.15, -0.1) is 0 Å². The summed E-state index contributed by atoms with van der Waals surface area (Å²) in [6.07, 6.45) is 8.17. The number of aromatic nitrogens is 2. The smallest absolute Gasteiger partial charge is 0.149 e. The highest BCUT2D eigenvalue weighted by molar-refractivity contribution is 6.29. The molecule has 1 atom stereocenters. The molecule has 4 heteroatoms. The van der Waals surface area contributed by atoms with E-state index in [0.717, 1.165) is 12.2 Å². The number of rotatable bonds is 6. The van der Waals surface area contributed by atoms with Crippen LogP contribution in [0.25, 0.3) is 0 Å². The Kier molecular flexibility index (Phi) is 5.40. The van der Waals surface area contributed by atoms with Gasteiger partial charge in [0.05, 0.1) is 12.4 Å². The molecule has 0 aliphatic carbocycles. The maximum atomic E-state index is 5.74. The first-order valence-corrected chi connectivity index (χ1v) is 5.84. The van der Waals surface area contributed by atoms with Crippen molar-refractivity contribution in [3.63, 3.8) is 0 Å². The minimum absolute atomic E-state index is 0.421. The molecule has 0 aliphatic rings. The zero-order valence-electron chi connectivity index (χ0n) is 9.33. The average molecular weight is 228 g/mol. The van der Waals surface area contributed by atoms with E-state index in [0.29, 0.717) is 11.2 Å². The summed E-state index contributed by atoms with van der Waals surface area (Å²) in [5, 5.41) is 3.71. The van der Waals surface area contributed by atoms with Crippen LogP contribution in [0.2, 0.25) is 5.15 Å². The maximum Gasteiger partial charge on any atom is 0.149 e. The Balaban J connectivity index is 2.34. The van der Waals surface area contributed by atoms with Gasteiger partial charge in [0.15, 0.2) is 0 Å². The van der Waals surface area contributed by atoms with E-state index in [1.54, 1.807) is 6.20 Å². The Hall–Kier alpha value is -0.830. The summed E-state index contributed by atoms with van der Waals surface area (Å²) in [6, 6.07) is 0.421. The fourth-order valence-corrected chi connectivity index (χ4v) is 1.58. The SMILES string of the molecule is CCCCCC(C)Nc1cncc(Cl)n1. The molecule has 1 heterocycles. The standard InChI is InChI=1S/C11H18ClN3/c1-3-4-5-6-9(2)14-11-8-13-7-10(12)15-11/h7-9H,3-6H2,1-2H3,(H,14,15). The van der Waals surface area contributed by atoms with E-state index in [2.05, 4.69) is 29.1 Å². The Morgan fingerprint density at radius 2 is 2.20 bits per heavy atom. The van der Waals surface area contributed by atoms with Crippen molar-refractivity contribution in [1.82, 2.24) is 9.97 Å². The molecular weight excluding hydrogens is 210 g/mol. The van der Waals surface area contributed by atoms with Gasteiger partial charge in [0, 0.05) is 6.04 Å². The lowest BCUT2D eigenvalue weighted by Crippen LogP contribution is -2.15. The highest BCUT2D eigenvalue weighted by Gasteiger charge is 2.03. The summed E-state index contributed by atoms with van der Waals surface area (Å²) in [5.41, 5.74) is 0. The van der Waals surface area contributed by atoms with Gasteiger partial charge in [0.1, 0.15) is 11.0 Å². The number of unbranched alkanes of at least 4 members (excludes halogenated alkanes) is 2. The van der Waals surface area contributed by atoms with Gasteiger partial charge in [0.2, 0.25) is 0 Å².